The zero-order valence-electron chi connectivity index (χ0n) is 82.5. The second-order valence-corrected chi connectivity index (χ2v) is 41.6. The summed E-state index contributed by atoms with van der Waals surface area (Å²) in [6.07, 6.45) is 19.7. The maximum Gasteiger partial charge on any atom is 0.410 e. The first-order valence-electron chi connectivity index (χ1n) is 51.1. The van der Waals surface area contributed by atoms with Gasteiger partial charge in [0.15, 0.2) is 0 Å². The van der Waals surface area contributed by atoms with Gasteiger partial charge in [0.25, 0.3) is 0 Å². The Morgan fingerprint density at radius 2 is 0.833 bits per heavy atom. The van der Waals surface area contributed by atoms with Crippen LogP contribution in [0.1, 0.15) is 172 Å². The number of likely N-dealkylation sites (tertiary alicyclic amines) is 3. The van der Waals surface area contributed by atoms with E-state index in [1.54, 1.807) is 0 Å². The molecule has 12 heterocycles. The summed E-state index contributed by atoms with van der Waals surface area (Å²) in [6, 6.07) is 64.0. The number of aliphatic hydroxyl groups excluding tert-OH is 3. The molecule has 14 N–H and O–H groups in total. The molecule has 15 atom stereocenters. The number of aromatic nitrogens is 2. The van der Waals surface area contributed by atoms with Gasteiger partial charge in [-0.05, 0) is 224 Å². The van der Waals surface area contributed by atoms with E-state index in [9.17, 15) is 48.9 Å². The average molecular weight is 2010 g/mol. The fourth-order valence-corrected chi connectivity index (χ4v) is 25.0. The Hall–Kier alpha value is -11.4. The number of amides is 6. The van der Waals surface area contributed by atoms with Crippen molar-refractivity contribution in [3.63, 3.8) is 0 Å². The third-order valence-corrected chi connectivity index (χ3v) is 32.2. The number of carbonyl (C=O) groups excluding carboxylic acids is 6. The predicted molar refractivity (Wildman–Crippen MR) is 563 cm³/mol. The highest BCUT2D eigenvalue weighted by Gasteiger charge is 2.50. The van der Waals surface area contributed by atoms with Crippen LogP contribution < -0.4 is 42.5 Å². The van der Waals surface area contributed by atoms with Crippen LogP contribution in [0.5, 0.6) is 0 Å². The molecule has 10 aliphatic heterocycles. The predicted octanol–water partition coefficient (Wildman–Crippen LogP) is 15.8. The van der Waals surface area contributed by atoms with Crippen LogP contribution in [0.15, 0.2) is 207 Å². The van der Waals surface area contributed by atoms with E-state index >= 15 is 0 Å². The Bertz CT molecular complexity index is 5710. The number of rotatable bonds is 43. The minimum Gasteiger partial charge on any atom is -0.481 e. The quantitative estimate of drug-likeness (QED) is 0.0125. The zero-order valence-corrected chi connectivity index (χ0v) is 84.1. The third-order valence-electron chi connectivity index (χ3n) is 29.1. The van der Waals surface area contributed by atoms with Crippen molar-refractivity contribution in [2.75, 3.05) is 125 Å². The summed E-state index contributed by atoms with van der Waals surface area (Å²) in [5, 5.41) is 65.2. The van der Waals surface area contributed by atoms with Gasteiger partial charge < -0.3 is 97.0 Å². The molecule has 7 aromatic carbocycles. The first-order chi connectivity index (χ1) is 69.9. The average Bonchev–Trinajstić information content (AvgIpc) is 1.54. The van der Waals surface area contributed by atoms with Crippen molar-refractivity contribution < 1.29 is 83.1 Å². The van der Waals surface area contributed by atoms with Crippen molar-refractivity contribution in [1.82, 2.24) is 45.9 Å². The summed E-state index contributed by atoms with van der Waals surface area (Å²) < 4.78 is 27.7. The van der Waals surface area contributed by atoms with Gasteiger partial charge in [-0.1, -0.05) is 133 Å². The van der Waals surface area contributed by atoms with Crippen LogP contribution >= 0.6 is 23.5 Å². The zero-order chi connectivity index (χ0) is 99.3. The Morgan fingerprint density at radius 1 is 0.417 bits per heavy atom. The fourth-order valence-electron chi connectivity index (χ4n) is 22.0. The van der Waals surface area contributed by atoms with Crippen molar-refractivity contribution in [2.24, 2.45) is 17.8 Å². The number of carboxylic acids is 1. The molecule has 0 radical (unpaired) electrons. The summed E-state index contributed by atoms with van der Waals surface area (Å²) in [7, 11) is 0. The van der Waals surface area contributed by atoms with Crippen LogP contribution in [-0.4, -0.2) is 249 Å². The van der Waals surface area contributed by atoms with E-state index in [0.717, 1.165) is 152 Å². The maximum atomic E-state index is 13.1. The van der Waals surface area contributed by atoms with Crippen LogP contribution in [-0.2, 0) is 62.6 Å². The van der Waals surface area contributed by atoms with Gasteiger partial charge in [0, 0.05) is 158 Å². The van der Waals surface area contributed by atoms with Gasteiger partial charge in [0.05, 0.1) is 121 Å². The molecule has 9 aromatic rings. The number of ether oxygens (including phenoxy) is 5. The molecular formula is C112H141N13O17S2. The molecule has 0 unspecified atom stereocenters. The Balaban J connectivity index is 0.000000154. The van der Waals surface area contributed by atoms with E-state index in [4.69, 9.17) is 28.8 Å². The van der Waals surface area contributed by atoms with E-state index < -0.39 is 5.97 Å². The number of ketones is 2. The molecule has 0 bridgehead atoms. The van der Waals surface area contributed by atoms with Crippen molar-refractivity contribution in [2.45, 2.75) is 214 Å². The number of aryl methyl sites for hydroxylation is 2. The van der Waals surface area contributed by atoms with E-state index in [0.29, 0.717) is 120 Å². The molecule has 32 heteroatoms. The SMILES string of the molecule is Cc1cccc(-c2ccc3c(c2)[C@H]2[C@H](CCN2C(=O)OCc2ccccc2)[C@@H](CO)N3)c1.Cc1cccc(-c2ccc3c(c2)[C@H]2[C@H](CCN2Cc2ccncc2)[C@@H](CO)N3)c1.O.O=C(CCCC[C@@H]1SC[C@@H]2NC(=O)N[C@@H]21)CCCOCCOCCOCCC(=O)Nc1cccc(-c2ccc3c(c2)[C@H]2[C@H](CCN2Cc2ccncc2)[C@@H](CO)N3)c1.O=C(O)CCOCCCC(=O)CCCC[C@@H]1SC[C@@H]2NC(=O)N[C@@H]21. The molecule has 0 spiro atoms. The van der Waals surface area contributed by atoms with Crippen LogP contribution in [0.3, 0.4) is 0 Å². The van der Waals surface area contributed by atoms with Gasteiger partial charge in [-0.3, -0.25) is 38.9 Å². The number of unbranched alkanes of at least 4 members (excludes halogenated alkanes) is 2. The highest BCUT2D eigenvalue weighted by Crippen LogP contribution is 2.52. The molecule has 19 rings (SSSR count). The summed E-state index contributed by atoms with van der Waals surface area (Å²) in [5.74, 6) is 2.33. The summed E-state index contributed by atoms with van der Waals surface area (Å²) in [6.45, 7) is 12.3. The van der Waals surface area contributed by atoms with Gasteiger partial charge in [0.1, 0.15) is 18.2 Å². The van der Waals surface area contributed by atoms with Crippen LogP contribution in [0, 0.1) is 31.6 Å². The van der Waals surface area contributed by atoms with E-state index in [1.807, 2.05) is 102 Å². The Morgan fingerprint density at radius 3 is 1.31 bits per heavy atom. The first kappa shape index (κ1) is 107. The van der Waals surface area contributed by atoms with Crippen molar-refractivity contribution in [3.8, 4) is 33.4 Å². The lowest BCUT2D eigenvalue weighted by molar-refractivity contribution is -0.138. The summed E-state index contributed by atoms with van der Waals surface area (Å²) in [4.78, 5) is 98.3. The Kier molecular flexibility index (Phi) is 39.8. The number of aliphatic hydroxyl groups is 3. The number of hydrogen-bond acceptors (Lipinski definition) is 24. The number of carbonyl (C=O) groups is 7. The van der Waals surface area contributed by atoms with E-state index in [1.165, 1.54) is 44.5 Å². The molecule has 10 aliphatic rings. The highest BCUT2D eigenvalue weighted by molar-refractivity contribution is 8.00. The number of carboxylic acid groups (broad SMARTS) is 1. The van der Waals surface area contributed by atoms with Crippen LogP contribution in [0.2, 0.25) is 0 Å². The number of benzene rings is 7. The largest absolute Gasteiger partial charge is 0.481 e. The molecule has 144 heavy (non-hydrogen) atoms. The molecular weight excluding hydrogens is 1860 g/mol. The molecule has 6 amide bonds. The van der Waals surface area contributed by atoms with Crippen LogP contribution in [0.4, 0.5) is 37.1 Å². The highest BCUT2D eigenvalue weighted by atomic mass is 32.2. The number of fused-ring (bicyclic) bond motifs is 11. The number of urea groups is 2. The third kappa shape index (κ3) is 28.9. The van der Waals surface area contributed by atoms with E-state index in [-0.39, 0.29) is 147 Å². The molecule has 0 saturated carbocycles. The topological polar surface area (TPSA) is 410 Å². The van der Waals surface area contributed by atoms with Crippen molar-refractivity contribution in [1.29, 1.82) is 0 Å². The number of thioether (sulfide) groups is 2. The van der Waals surface area contributed by atoms with Crippen LogP contribution in [0.25, 0.3) is 33.4 Å². The first-order valence-corrected chi connectivity index (χ1v) is 53.2. The minimum absolute atomic E-state index is 0. The molecule has 7 saturated heterocycles. The number of hydrogen-bond donors (Lipinski definition) is 12. The molecule has 768 valence electrons. The number of pyridine rings is 2. The molecule has 0 aliphatic carbocycles. The fraction of sp³-hybridized carbons (Fsp3) is 0.473. The maximum absolute atomic E-state index is 13.1. The normalized spacial score (nSPS) is 23.1. The van der Waals surface area contributed by atoms with Gasteiger partial charge in [-0.25, -0.2) is 14.4 Å². The van der Waals surface area contributed by atoms with Crippen molar-refractivity contribution in [3.05, 3.63) is 251 Å². The second kappa shape index (κ2) is 53.6. The van der Waals surface area contributed by atoms with Gasteiger partial charge >= 0.3 is 24.1 Å². The standard InChI is InChI=1S/C44H58N6O7S.C27H28N2O3.C25H27N3O.C16H26N2O5S.H2O/c51-28-38-35-14-18-50(27-30-12-16-45-17-13-30)43(35)36-26-32(10-11-37(36)47-38)31-5-3-6-33(25-31)46-41(53)15-20-56-22-24-57-23-21-55-19-4-8-34(52)7-1-2-9-40-42-39(29-58-40)48-44(54)49-42;1-18-6-5-9-20(14-18)21-10-11-24-23(15-21)26-22(25(16-30)28-24)12-13-29(26)27(31)32-17-19-7-3-2-4-8-19;1-17-3-2-4-19(13-17)20-5-6-23-22(14-20)25-21(24(16-29)27-23)9-12-28(25)15-18-7-10-26-11-8-18;19-11(5-3-8-23-9-7-14(20)21)4-1-2-6-13-15-12(10-24-13)17-16(22)18-15;/h3,5-6,10-13,16-17,25-26,35,38-40,42-43,47,51H,1-2,4,7-9,14-15,18-24,27-29H2,(H,46,53)(H2,48,49,54);2-11,14-15,22,25-26,28,30H,12-13,16-17H2,1H3;2-8,10-11,13-14,21,24-25,27,29H,9,12,15-16H2,1H3;12-13,15H,1-10H2,(H,20,21)(H2,17,18,22);1H2/t35-,38-,39+,40+,42+,43-;22-,25-,26-;21-,24-,25-;12-,13-,15-;/m1110./s1. The number of nitrogens with one attached hydrogen (secondary N) is 8. The molecule has 2 aromatic heterocycles. The minimum atomic E-state index is -0.870. The number of aliphatic carboxylic acids is 1. The lowest BCUT2D eigenvalue weighted by Crippen LogP contribution is -2.43. The molecule has 7 fully saturated rings. The number of nitrogens with zero attached hydrogens (tertiary/aromatic N) is 5. The lowest BCUT2D eigenvalue weighted by atomic mass is 9.82. The van der Waals surface area contributed by atoms with Gasteiger partial charge in [0.2, 0.25) is 5.91 Å². The smallest absolute Gasteiger partial charge is 0.410 e. The Labute approximate surface area is 852 Å². The monoisotopic (exact) mass is 2000 g/mol. The number of anilines is 4. The van der Waals surface area contributed by atoms with Gasteiger partial charge in [-0.15, -0.1) is 0 Å². The van der Waals surface area contributed by atoms with Crippen molar-refractivity contribution >= 4 is 87.9 Å². The van der Waals surface area contributed by atoms with Gasteiger partial charge in [-0.2, -0.15) is 23.5 Å². The lowest BCUT2D eigenvalue weighted by Gasteiger charge is -2.39. The van der Waals surface area contributed by atoms with E-state index in [2.05, 4.69) is 210 Å². The number of Topliss-reactive ketones (excluding diaryl/α,β-unsaturated/α-hetero) is 2. The molecule has 30 nitrogen and oxygen atoms in total. The summed E-state index contributed by atoms with van der Waals surface area (Å²) >= 11 is 3.81. The second-order valence-electron chi connectivity index (χ2n) is 39.0. The summed E-state index contributed by atoms with van der Waals surface area (Å²) in [5.41, 5.74) is 20.5.